The van der Waals surface area contributed by atoms with Crippen molar-refractivity contribution >= 4 is 17.8 Å². The lowest BCUT2D eigenvalue weighted by atomic mass is 9.92. The number of hydrogen-bond donors (Lipinski definition) is 1. The molecule has 118 valence electrons. The third kappa shape index (κ3) is 3.43. The number of hydrogen-bond acceptors (Lipinski definition) is 4. The van der Waals surface area contributed by atoms with Gasteiger partial charge in [-0.05, 0) is 45.2 Å². The van der Waals surface area contributed by atoms with Crippen LogP contribution < -0.4 is 0 Å². The highest BCUT2D eigenvalue weighted by Crippen LogP contribution is 2.27. The minimum Gasteiger partial charge on any atom is -0.481 e. The first kappa shape index (κ1) is 15.9. The van der Waals surface area contributed by atoms with E-state index in [0.717, 1.165) is 19.3 Å². The Balaban J connectivity index is 1.94. The molecule has 2 saturated heterocycles. The van der Waals surface area contributed by atoms with Gasteiger partial charge in [-0.2, -0.15) is 0 Å². The van der Waals surface area contributed by atoms with Gasteiger partial charge in [-0.15, -0.1) is 0 Å². The molecule has 2 aliphatic heterocycles. The van der Waals surface area contributed by atoms with Gasteiger partial charge >= 0.3 is 5.97 Å². The molecule has 6 nitrogen and oxygen atoms in total. The molecule has 2 fully saturated rings. The predicted molar refractivity (Wildman–Crippen MR) is 76.6 cm³/mol. The van der Waals surface area contributed by atoms with Gasteiger partial charge < -0.3 is 5.11 Å². The average molecular weight is 296 g/mol. The lowest BCUT2D eigenvalue weighted by Crippen LogP contribution is -2.47. The number of aliphatic carboxylic acids is 1. The van der Waals surface area contributed by atoms with Gasteiger partial charge in [0, 0.05) is 12.5 Å². The van der Waals surface area contributed by atoms with Crippen molar-refractivity contribution in [2.75, 3.05) is 13.1 Å². The molecule has 1 N–H and O–H groups in total. The summed E-state index contributed by atoms with van der Waals surface area (Å²) in [5.74, 6) is -0.724. The largest absolute Gasteiger partial charge is 0.481 e. The van der Waals surface area contributed by atoms with Gasteiger partial charge in [0.15, 0.2) is 0 Å². The molecule has 0 aromatic rings. The maximum atomic E-state index is 12.4. The molecule has 2 aliphatic rings. The molecule has 0 aliphatic carbocycles. The number of carboxylic acid groups (broad SMARTS) is 1. The summed E-state index contributed by atoms with van der Waals surface area (Å²) in [6, 6.07) is -0.378. The Morgan fingerprint density at radius 3 is 2.48 bits per heavy atom. The fourth-order valence-corrected chi connectivity index (χ4v) is 3.28. The van der Waals surface area contributed by atoms with Crippen molar-refractivity contribution in [3.05, 3.63) is 0 Å². The van der Waals surface area contributed by atoms with E-state index in [9.17, 15) is 14.4 Å². The lowest BCUT2D eigenvalue weighted by Gasteiger charge is -2.34. The maximum Gasteiger partial charge on any atom is 0.303 e. The maximum absolute atomic E-state index is 12.4. The number of carbonyl (C=O) groups excluding carboxylic acids is 2. The zero-order chi connectivity index (χ0) is 15.6. The van der Waals surface area contributed by atoms with Crippen molar-refractivity contribution in [1.82, 2.24) is 9.80 Å². The zero-order valence-electron chi connectivity index (χ0n) is 12.7. The first-order valence-corrected chi connectivity index (χ1v) is 7.75. The van der Waals surface area contributed by atoms with Crippen LogP contribution in [0.1, 0.15) is 46.0 Å². The molecule has 0 spiro atoms. The van der Waals surface area contributed by atoms with E-state index in [-0.39, 0.29) is 42.7 Å². The number of rotatable bonds is 5. The summed E-state index contributed by atoms with van der Waals surface area (Å²) in [5, 5.41) is 8.82. The van der Waals surface area contributed by atoms with E-state index in [1.807, 2.05) is 13.8 Å². The second-order valence-electron chi connectivity index (χ2n) is 6.16. The average Bonchev–Trinajstić information content (AvgIpc) is 2.73. The van der Waals surface area contributed by atoms with E-state index in [2.05, 4.69) is 4.90 Å². The minimum atomic E-state index is -0.761. The number of carbonyl (C=O) groups is 3. The monoisotopic (exact) mass is 296 g/mol. The van der Waals surface area contributed by atoms with Crippen molar-refractivity contribution in [1.29, 1.82) is 0 Å². The number of piperidine rings is 1. The standard InChI is InChI=1S/C15H24N2O4/c1-3-10(2)17-13(18)9-12(15(17)21)16-6-4-11(5-7-16)8-14(19)20/h10-12H,3-9H2,1-2H3,(H,19,20). The molecular weight excluding hydrogens is 272 g/mol. The first-order valence-electron chi connectivity index (χ1n) is 7.75. The number of carboxylic acids is 1. The third-order valence-electron chi connectivity index (χ3n) is 4.74. The van der Waals surface area contributed by atoms with Crippen LogP contribution >= 0.6 is 0 Å². The summed E-state index contributed by atoms with van der Waals surface area (Å²) in [6.07, 6.45) is 2.81. The smallest absolute Gasteiger partial charge is 0.303 e. The van der Waals surface area contributed by atoms with Crippen LogP contribution in [-0.2, 0) is 14.4 Å². The molecule has 2 atom stereocenters. The van der Waals surface area contributed by atoms with Gasteiger partial charge in [0.25, 0.3) is 0 Å². The summed E-state index contributed by atoms with van der Waals surface area (Å²) in [4.78, 5) is 38.7. The van der Waals surface area contributed by atoms with Crippen LogP contribution in [0.15, 0.2) is 0 Å². The topological polar surface area (TPSA) is 77.9 Å². The van der Waals surface area contributed by atoms with Crippen molar-refractivity contribution < 1.29 is 19.5 Å². The van der Waals surface area contributed by atoms with E-state index in [1.165, 1.54) is 4.90 Å². The summed E-state index contributed by atoms with van der Waals surface area (Å²) < 4.78 is 0. The van der Waals surface area contributed by atoms with Crippen LogP contribution in [0.2, 0.25) is 0 Å². The van der Waals surface area contributed by atoms with Crippen molar-refractivity contribution in [2.24, 2.45) is 5.92 Å². The van der Waals surface area contributed by atoms with Crippen LogP contribution in [0.3, 0.4) is 0 Å². The number of likely N-dealkylation sites (tertiary alicyclic amines) is 2. The fourth-order valence-electron chi connectivity index (χ4n) is 3.28. The quantitative estimate of drug-likeness (QED) is 0.769. The first-order chi connectivity index (χ1) is 9.93. The van der Waals surface area contributed by atoms with Crippen LogP contribution in [0.4, 0.5) is 0 Å². The molecule has 0 aromatic heterocycles. The predicted octanol–water partition coefficient (Wildman–Crippen LogP) is 1.10. The van der Waals surface area contributed by atoms with Crippen LogP contribution in [0.25, 0.3) is 0 Å². The summed E-state index contributed by atoms with van der Waals surface area (Å²) in [6.45, 7) is 5.28. The lowest BCUT2D eigenvalue weighted by molar-refractivity contribution is -0.143. The van der Waals surface area contributed by atoms with Gasteiger partial charge in [-0.25, -0.2) is 0 Å². The van der Waals surface area contributed by atoms with E-state index in [0.29, 0.717) is 13.1 Å². The van der Waals surface area contributed by atoms with Gasteiger partial charge in [0.05, 0.1) is 12.5 Å². The number of nitrogens with zero attached hydrogens (tertiary/aromatic N) is 2. The van der Waals surface area contributed by atoms with Crippen molar-refractivity contribution in [3.8, 4) is 0 Å². The summed E-state index contributed by atoms with van der Waals surface area (Å²) in [5.41, 5.74) is 0. The highest BCUT2D eigenvalue weighted by Gasteiger charge is 2.44. The zero-order valence-corrected chi connectivity index (χ0v) is 12.7. The Hall–Kier alpha value is -1.43. The molecule has 6 heteroatoms. The van der Waals surface area contributed by atoms with Crippen molar-refractivity contribution in [2.45, 2.75) is 58.0 Å². The molecule has 2 unspecified atom stereocenters. The molecule has 0 aromatic carbocycles. The number of amides is 2. The molecule has 0 radical (unpaired) electrons. The molecule has 21 heavy (non-hydrogen) atoms. The molecule has 0 saturated carbocycles. The van der Waals surface area contributed by atoms with Crippen molar-refractivity contribution in [3.63, 3.8) is 0 Å². The second-order valence-corrected chi connectivity index (χ2v) is 6.16. The Kier molecular flexibility index (Phi) is 4.98. The Morgan fingerprint density at radius 2 is 1.95 bits per heavy atom. The summed E-state index contributed by atoms with van der Waals surface area (Å²) >= 11 is 0. The van der Waals surface area contributed by atoms with Crippen LogP contribution in [0.5, 0.6) is 0 Å². The van der Waals surface area contributed by atoms with E-state index < -0.39 is 5.97 Å². The van der Waals surface area contributed by atoms with E-state index >= 15 is 0 Å². The van der Waals surface area contributed by atoms with Gasteiger partial charge in [0.1, 0.15) is 0 Å². The molecule has 2 amide bonds. The van der Waals surface area contributed by atoms with E-state index in [4.69, 9.17) is 5.11 Å². The molecule has 0 bridgehead atoms. The van der Waals surface area contributed by atoms with Crippen LogP contribution in [0, 0.1) is 5.92 Å². The normalized spacial score (nSPS) is 26.4. The second kappa shape index (κ2) is 6.56. The molecular formula is C15H24N2O4. The minimum absolute atomic E-state index is 0.0421. The molecule has 2 heterocycles. The molecule has 2 rings (SSSR count). The van der Waals surface area contributed by atoms with Gasteiger partial charge in [-0.1, -0.05) is 6.92 Å². The Labute approximate surface area is 125 Å². The summed E-state index contributed by atoms with van der Waals surface area (Å²) in [7, 11) is 0. The number of imide groups is 1. The van der Waals surface area contributed by atoms with E-state index in [1.54, 1.807) is 0 Å². The van der Waals surface area contributed by atoms with Crippen LogP contribution in [-0.4, -0.2) is 57.9 Å². The fraction of sp³-hybridized carbons (Fsp3) is 0.800. The van der Waals surface area contributed by atoms with Gasteiger partial charge in [0.2, 0.25) is 11.8 Å². The SMILES string of the molecule is CCC(C)N1C(=O)CC(N2CCC(CC(=O)O)CC2)C1=O. The highest BCUT2D eigenvalue weighted by molar-refractivity contribution is 6.05. The van der Waals surface area contributed by atoms with Gasteiger partial charge in [-0.3, -0.25) is 24.2 Å². The third-order valence-corrected chi connectivity index (χ3v) is 4.74. The highest BCUT2D eigenvalue weighted by atomic mass is 16.4. The Bertz CT molecular complexity index is 429. The Morgan fingerprint density at radius 1 is 1.33 bits per heavy atom.